The maximum Gasteiger partial charge on any atom is 0.304 e. The van der Waals surface area contributed by atoms with Crippen molar-refractivity contribution in [1.82, 2.24) is 0 Å². The summed E-state index contributed by atoms with van der Waals surface area (Å²) in [6, 6.07) is 1.94. The van der Waals surface area contributed by atoms with E-state index in [2.05, 4.69) is 22.9 Å². The van der Waals surface area contributed by atoms with Crippen LogP contribution in [0.4, 0.5) is 0 Å². The molecule has 4 nitrogen and oxygen atoms in total. The van der Waals surface area contributed by atoms with Crippen molar-refractivity contribution in [3.63, 3.8) is 0 Å². The largest absolute Gasteiger partial charge is 0.490 e. The summed E-state index contributed by atoms with van der Waals surface area (Å²) in [5, 5.41) is 9.22. The van der Waals surface area contributed by atoms with Crippen molar-refractivity contribution in [2.24, 2.45) is 0 Å². The van der Waals surface area contributed by atoms with Crippen molar-refractivity contribution in [3.05, 3.63) is 21.7 Å². The number of fused-ring (bicyclic) bond motifs is 1. The fourth-order valence-electron chi connectivity index (χ4n) is 3.21. The van der Waals surface area contributed by atoms with Gasteiger partial charge >= 0.3 is 5.97 Å². The van der Waals surface area contributed by atoms with Gasteiger partial charge in [0.15, 0.2) is 11.5 Å². The van der Waals surface area contributed by atoms with Crippen LogP contribution in [-0.2, 0) is 16.6 Å². The zero-order valence-electron chi connectivity index (χ0n) is 12.1. The van der Waals surface area contributed by atoms with Crippen LogP contribution in [-0.4, -0.2) is 24.3 Å². The summed E-state index contributed by atoms with van der Waals surface area (Å²) < 4.78 is 12.6. The van der Waals surface area contributed by atoms with Gasteiger partial charge in [-0.25, -0.2) is 0 Å². The number of benzene rings is 1. The summed E-state index contributed by atoms with van der Waals surface area (Å²) >= 11 is 3.63. The first-order valence-corrected chi connectivity index (χ1v) is 8.20. The zero-order valence-corrected chi connectivity index (χ0v) is 13.7. The molecule has 3 rings (SSSR count). The van der Waals surface area contributed by atoms with Crippen LogP contribution in [0, 0.1) is 0 Å². The van der Waals surface area contributed by atoms with E-state index in [9.17, 15) is 9.90 Å². The summed E-state index contributed by atoms with van der Waals surface area (Å²) in [6.07, 6.45) is 3.69. The van der Waals surface area contributed by atoms with Crippen molar-refractivity contribution < 1.29 is 19.4 Å². The first-order valence-electron chi connectivity index (χ1n) is 7.40. The molecule has 1 aromatic carbocycles. The van der Waals surface area contributed by atoms with Crippen molar-refractivity contribution in [2.75, 3.05) is 13.2 Å². The average molecular weight is 355 g/mol. The van der Waals surface area contributed by atoms with Crippen LogP contribution in [0.15, 0.2) is 10.5 Å². The van der Waals surface area contributed by atoms with E-state index in [1.807, 2.05) is 6.07 Å². The molecule has 0 radical (unpaired) electrons. The van der Waals surface area contributed by atoms with Crippen LogP contribution in [0.1, 0.15) is 43.7 Å². The van der Waals surface area contributed by atoms with Crippen molar-refractivity contribution in [1.29, 1.82) is 0 Å². The monoisotopic (exact) mass is 354 g/mol. The highest BCUT2D eigenvalue weighted by Crippen LogP contribution is 2.57. The standard InChI is InChI=1S/C16H19BrO4/c1-2-10-14(16(4-5-16)9-13(18)19)11(17)8-12-15(10)21-7-3-6-20-12/h8H,2-7,9H2,1H3,(H,18,19). The van der Waals surface area contributed by atoms with Gasteiger partial charge in [0.1, 0.15) is 0 Å². The summed E-state index contributed by atoms with van der Waals surface area (Å²) in [4.78, 5) is 11.2. The van der Waals surface area contributed by atoms with Crippen LogP contribution in [0.25, 0.3) is 0 Å². The predicted octanol–water partition coefficient (Wildman–Crippen LogP) is 3.68. The summed E-state index contributed by atoms with van der Waals surface area (Å²) in [6.45, 7) is 3.38. The molecule has 1 aliphatic heterocycles. The second kappa shape index (κ2) is 5.52. The normalized spacial score (nSPS) is 19.0. The lowest BCUT2D eigenvalue weighted by molar-refractivity contribution is -0.137. The highest BCUT2D eigenvalue weighted by molar-refractivity contribution is 9.10. The first-order chi connectivity index (χ1) is 10.1. The molecule has 0 spiro atoms. The number of aliphatic carboxylic acids is 1. The highest BCUT2D eigenvalue weighted by Gasteiger charge is 2.49. The number of carboxylic acid groups (broad SMARTS) is 1. The summed E-state index contributed by atoms with van der Waals surface area (Å²) in [5.74, 6) is 0.838. The smallest absolute Gasteiger partial charge is 0.304 e. The molecule has 0 aromatic heterocycles. The maximum absolute atomic E-state index is 11.2. The average Bonchev–Trinajstić information content (AvgIpc) is 3.20. The Labute approximate surface area is 132 Å². The van der Waals surface area contributed by atoms with E-state index in [1.165, 1.54) is 0 Å². The molecule has 1 aliphatic carbocycles. The molecule has 1 heterocycles. The molecule has 0 bridgehead atoms. The third-order valence-electron chi connectivity index (χ3n) is 4.32. The summed E-state index contributed by atoms with van der Waals surface area (Å²) in [7, 11) is 0. The molecular formula is C16H19BrO4. The Morgan fingerprint density at radius 3 is 2.71 bits per heavy atom. The lowest BCUT2D eigenvalue weighted by Crippen LogP contribution is -2.17. The Kier molecular flexibility index (Phi) is 3.86. The molecular weight excluding hydrogens is 336 g/mol. The number of halogens is 1. The van der Waals surface area contributed by atoms with E-state index in [1.54, 1.807) is 0 Å². The van der Waals surface area contributed by atoms with Gasteiger partial charge in [-0.15, -0.1) is 0 Å². The Balaban J connectivity index is 2.12. The SMILES string of the molecule is CCc1c2c(cc(Br)c1C1(CC(=O)O)CC1)OCCCO2. The third-order valence-corrected chi connectivity index (χ3v) is 4.94. The zero-order chi connectivity index (χ0) is 15.0. The predicted molar refractivity (Wildman–Crippen MR) is 82.3 cm³/mol. The lowest BCUT2D eigenvalue weighted by atomic mass is 9.87. The van der Waals surface area contributed by atoms with E-state index in [0.717, 1.165) is 52.8 Å². The van der Waals surface area contributed by atoms with Crippen LogP contribution in [0.5, 0.6) is 11.5 Å². The van der Waals surface area contributed by atoms with Crippen LogP contribution >= 0.6 is 15.9 Å². The summed E-state index contributed by atoms with van der Waals surface area (Å²) in [5.41, 5.74) is 1.97. The van der Waals surface area contributed by atoms with Crippen molar-refractivity contribution in [3.8, 4) is 11.5 Å². The maximum atomic E-state index is 11.2. The molecule has 0 amide bonds. The van der Waals surface area contributed by atoms with E-state index in [0.29, 0.717) is 13.2 Å². The van der Waals surface area contributed by atoms with E-state index in [4.69, 9.17) is 9.47 Å². The van der Waals surface area contributed by atoms with Gasteiger partial charge < -0.3 is 14.6 Å². The number of hydrogen-bond acceptors (Lipinski definition) is 3. The van der Waals surface area contributed by atoms with Crippen LogP contribution in [0.2, 0.25) is 0 Å². The number of carbonyl (C=O) groups is 1. The fraction of sp³-hybridized carbons (Fsp3) is 0.562. The van der Waals surface area contributed by atoms with Gasteiger partial charge in [-0.2, -0.15) is 0 Å². The number of ether oxygens (including phenoxy) is 2. The Hall–Kier alpha value is -1.23. The van der Waals surface area contributed by atoms with Gasteiger partial charge in [0, 0.05) is 21.9 Å². The fourth-order valence-corrected chi connectivity index (χ4v) is 4.07. The molecule has 2 aliphatic rings. The third kappa shape index (κ3) is 2.63. The second-order valence-corrected chi connectivity index (χ2v) is 6.65. The Morgan fingerprint density at radius 1 is 1.38 bits per heavy atom. The number of rotatable bonds is 4. The molecule has 114 valence electrons. The van der Waals surface area contributed by atoms with Gasteiger partial charge in [-0.3, -0.25) is 4.79 Å². The molecule has 1 N–H and O–H groups in total. The quantitative estimate of drug-likeness (QED) is 0.895. The van der Waals surface area contributed by atoms with Crippen LogP contribution < -0.4 is 9.47 Å². The molecule has 1 aromatic rings. The number of carboxylic acids is 1. The highest BCUT2D eigenvalue weighted by atomic mass is 79.9. The molecule has 0 unspecified atom stereocenters. The Morgan fingerprint density at radius 2 is 2.10 bits per heavy atom. The van der Waals surface area contributed by atoms with Crippen molar-refractivity contribution >= 4 is 21.9 Å². The minimum absolute atomic E-state index is 0.179. The topological polar surface area (TPSA) is 55.8 Å². The molecule has 1 fully saturated rings. The van der Waals surface area contributed by atoms with Crippen LogP contribution in [0.3, 0.4) is 0 Å². The molecule has 21 heavy (non-hydrogen) atoms. The van der Waals surface area contributed by atoms with Gasteiger partial charge in [0.25, 0.3) is 0 Å². The number of hydrogen-bond donors (Lipinski definition) is 1. The van der Waals surface area contributed by atoms with E-state index in [-0.39, 0.29) is 11.8 Å². The van der Waals surface area contributed by atoms with Gasteiger partial charge in [0.2, 0.25) is 0 Å². The minimum Gasteiger partial charge on any atom is -0.490 e. The molecule has 0 saturated heterocycles. The van der Waals surface area contributed by atoms with Gasteiger partial charge in [0.05, 0.1) is 19.6 Å². The van der Waals surface area contributed by atoms with E-state index >= 15 is 0 Å². The second-order valence-electron chi connectivity index (χ2n) is 5.79. The minimum atomic E-state index is -0.742. The first kappa shape index (κ1) is 14.7. The molecule has 5 heteroatoms. The molecule has 1 saturated carbocycles. The molecule has 0 atom stereocenters. The van der Waals surface area contributed by atoms with Crippen molar-refractivity contribution in [2.45, 2.75) is 44.4 Å². The van der Waals surface area contributed by atoms with Gasteiger partial charge in [-0.1, -0.05) is 22.9 Å². The lowest BCUT2D eigenvalue weighted by Gasteiger charge is -2.23. The van der Waals surface area contributed by atoms with Gasteiger partial charge in [-0.05, 0) is 30.9 Å². The Bertz CT molecular complexity index is 578. The van der Waals surface area contributed by atoms with E-state index < -0.39 is 5.97 Å².